The highest BCUT2D eigenvalue weighted by Crippen LogP contribution is 2.25. The molecule has 3 aromatic rings. The normalized spacial score (nSPS) is 14.1. The van der Waals surface area contributed by atoms with Crippen LogP contribution in [0.15, 0.2) is 61.3 Å². The summed E-state index contributed by atoms with van der Waals surface area (Å²) in [7, 11) is 2.42. The van der Waals surface area contributed by atoms with Gasteiger partial charge in [0.15, 0.2) is 5.78 Å². The number of hydrogen-bond acceptors (Lipinski definition) is 2. The number of ketones is 1. The SMILES string of the molecule is C=CC(=O)c1c[nH]c2ccc(C(=N)N3CCC(Cc4ccc(F)cc4)CC3)cc12.CP. The Morgan fingerprint density at radius 1 is 1.23 bits per heavy atom. The first-order valence-corrected chi connectivity index (χ1v) is 11.6. The molecule has 2 N–H and O–H groups in total. The molecule has 1 aliphatic heterocycles. The van der Waals surface area contributed by atoms with E-state index in [1.807, 2.05) is 37.0 Å². The lowest BCUT2D eigenvalue weighted by atomic mass is 9.90. The van der Waals surface area contributed by atoms with E-state index in [0.717, 1.165) is 54.4 Å². The van der Waals surface area contributed by atoms with Crippen molar-refractivity contribution in [2.45, 2.75) is 19.3 Å². The van der Waals surface area contributed by atoms with Crippen molar-refractivity contribution < 1.29 is 9.18 Å². The smallest absolute Gasteiger partial charge is 0.187 e. The van der Waals surface area contributed by atoms with Gasteiger partial charge in [-0.3, -0.25) is 10.2 Å². The molecule has 1 aliphatic rings. The van der Waals surface area contributed by atoms with Crippen molar-refractivity contribution in [3.63, 3.8) is 0 Å². The van der Waals surface area contributed by atoms with E-state index >= 15 is 0 Å². The topological polar surface area (TPSA) is 60.0 Å². The van der Waals surface area contributed by atoms with Crippen LogP contribution in [0.25, 0.3) is 10.9 Å². The van der Waals surface area contributed by atoms with Gasteiger partial charge in [0.05, 0.1) is 0 Å². The van der Waals surface area contributed by atoms with Crippen LogP contribution < -0.4 is 0 Å². The summed E-state index contributed by atoms with van der Waals surface area (Å²) in [6.07, 6.45) is 5.97. The van der Waals surface area contributed by atoms with E-state index in [9.17, 15) is 9.18 Å². The van der Waals surface area contributed by atoms with Gasteiger partial charge in [0.2, 0.25) is 0 Å². The van der Waals surface area contributed by atoms with Crippen molar-refractivity contribution in [3.8, 4) is 0 Å². The minimum Gasteiger partial charge on any atom is -0.360 e. The van der Waals surface area contributed by atoms with E-state index in [4.69, 9.17) is 5.41 Å². The summed E-state index contributed by atoms with van der Waals surface area (Å²) in [5.41, 5.74) is 3.44. The van der Waals surface area contributed by atoms with Crippen LogP contribution in [0.2, 0.25) is 0 Å². The Kier molecular flexibility index (Phi) is 7.75. The molecule has 4 rings (SSSR count). The molecule has 1 fully saturated rings. The number of hydrogen-bond donors (Lipinski definition) is 2. The molecule has 1 aromatic heterocycles. The zero-order valence-corrected chi connectivity index (χ0v) is 19.0. The Hall–Kier alpha value is -2.78. The highest BCUT2D eigenvalue weighted by atomic mass is 31.0. The maximum Gasteiger partial charge on any atom is 0.187 e. The molecule has 1 saturated heterocycles. The molecule has 4 nitrogen and oxygen atoms in total. The van der Waals surface area contributed by atoms with Crippen molar-refractivity contribution in [2.75, 3.05) is 19.8 Å². The zero-order valence-electron chi connectivity index (χ0n) is 17.8. The van der Waals surface area contributed by atoms with Crippen LogP contribution >= 0.6 is 9.24 Å². The third-order valence-corrected chi connectivity index (χ3v) is 5.77. The van der Waals surface area contributed by atoms with Gasteiger partial charge in [-0.1, -0.05) is 25.4 Å². The molecule has 0 spiro atoms. The molecule has 2 aromatic carbocycles. The Bertz CT molecular complexity index is 1070. The number of nitrogens with zero attached hydrogens (tertiary/aromatic N) is 1. The van der Waals surface area contributed by atoms with E-state index in [0.29, 0.717) is 17.3 Å². The lowest BCUT2D eigenvalue weighted by Gasteiger charge is -2.34. The van der Waals surface area contributed by atoms with Crippen molar-refractivity contribution in [1.82, 2.24) is 9.88 Å². The quantitative estimate of drug-likeness (QED) is 0.183. The van der Waals surface area contributed by atoms with E-state index in [-0.39, 0.29) is 11.6 Å². The molecule has 162 valence electrons. The van der Waals surface area contributed by atoms with Gasteiger partial charge in [0.25, 0.3) is 0 Å². The minimum absolute atomic E-state index is 0.124. The summed E-state index contributed by atoms with van der Waals surface area (Å²) in [6, 6.07) is 12.5. The number of fused-ring (bicyclic) bond motifs is 1. The lowest BCUT2D eigenvalue weighted by molar-refractivity contribution is 0.104. The molecule has 1 atom stereocenters. The summed E-state index contributed by atoms with van der Waals surface area (Å²) in [5.74, 6) is 0.717. The number of nitrogens with one attached hydrogen (secondary N) is 2. The minimum atomic E-state index is -0.200. The fourth-order valence-electron chi connectivity index (χ4n) is 4.08. The standard InChI is InChI=1S/C24H24FN3O.CH5P/c1-2-23(29)21-15-27-22-8-5-18(14-20(21)22)24(26)28-11-9-17(10-12-28)13-16-3-6-19(25)7-4-16;1-2/h2-8,14-15,17,26-27H,1,9-13H2;2H2,1H3. The first kappa shape index (κ1) is 22.9. The van der Waals surface area contributed by atoms with Gasteiger partial charge in [-0.25, -0.2) is 4.39 Å². The summed E-state index contributed by atoms with van der Waals surface area (Å²) in [4.78, 5) is 17.3. The van der Waals surface area contributed by atoms with Crippen LogP contribution in [0.1, 0.15) is 34.3 Å². The average molecular weight is 437 g/mol. The number of carbonyl (C=O) groups is 1. The lowest BCUT2D eigenvalue weighted by Crippen LogP contribution is -2.38. The molecule has 0 aliphatic carbocycles. The number of rotatable bonds is 5. The maximum atomic E-state index is 13.1. The predicted octanol–water partition coefficient (Wildman–Crippen LogP) is 5.45. The Morgan fingerprint density at radius 2 is 1.90 bits per heavy atom. The van der Waals surface area contributed by atoms with E-state index in [2.05, 4.69) is 25.7 Å². The molecule has 0 amide bonds. The third-order valence-electron chi connectivity index (χ3n) is 5.77. The van der Waals surface area contributed by atoms with Crippen LogP contribution in [0.3, 0.4) is 0 Å². The second-order valence-corrected chi connectivity index (χ2v) is 7.64. The van der Waals surface area contributed by atoms with Gasteiger partial charge in [-0.2, -0.15) is 0 Å². The maximum absolute atomic E-state index is 13.1. The predicted molar refractivity (Wildman–Crippen MR) is 130 cm³/mol. The van der Waals surface area contributed by atoms with E-state index in [1.165, 1.54) is 18.2 Å². The largest absolute Gasteiger partial charge is 0.360 e. The molecule has 0 saturated carbocycles. The fourth-order valence-corrected chi connectivity index (χ4v) is 4.08. The number of amidine groups is 1. The van der Waals surface area contributed by atoms with Crippen LogP contribution in [-0.2, 0) is 6.42 Å². The van der Waals surface area contributed by atoms with E-state index < -0.39 is 0 Å². The first-order valence-electron chi connectivity index (χ1n) is 10.5. The van der Waals surface area contributed by atoms with Crippen molar-refractivity contribution in [1.29, 1.82) is 5.41 Å². The van der Waals surface area contributed by atoms with Gasteiger partial charge >= 0.3 is 0 Å². The van der Waals surface area contributed by atoms with Crippen LogP contribution in [-0.4, -0.2) is 41.3 Å². The molecule has 0 bridgehead atoms. The molecule has 2 heterocycles. The summed E-state index contributed by atoms with van der Waals surface area (Å²) in [6.45, 7) is 7.14. The molecular formula is C25H29FN3OP. The summed E-state index contributed by atoms with van der Waals surface area (Å²) >= 11 is 0. The van der Waals surface area contributed by atoms with Gasteiger partial charge in [-0.05, 0) is 67.2 Å². The monoisotopic (exact) mass is 437 g/mol. The molecule has 6 heteroatoms. The van der Waals surface area contributed by atoms with Crippen LogP contribution in [0.5, 0.6) is 0 Å². The Balaban J connectivity index is 0.00000132. The number of halogens is 1. The van der Waals surface area contributed by atoms with Gasteiger partial charge in [0, 0.05) is 41.3 Å². The van der Waals surface area contributed by atoms with Crippen LogP contribution in [0.4, 0.5) is 4.39 Å². The number of likely N-dealkylation sites (tertiary alicyclic amines) is 1. The fraction of sp³-hybridized carbons (Fsp3) is 0.280. The van der Waals surface area contributed by atoms with Crippen molar-refractivity contribution >= 4 is 31.8 Å². The van der Waals surface area contributed by atoms with Gasteiger partial charge in [0.1, 0.15) is 11.7 Å². The highest BCUT2D eigenvalue weighted by Gasteiger charge is 2.22. The number of carbonyl (C=O) groups excluding carboxylic acids is 1. The second kappa shape index (κ2) is 10.5. The number of allylic oxidation sites excluding steroid dienone is 1. The molecule has 0 radical (unpaired) electrons. The summed E-state index contributed by atoms with van der Waals surface area (Å²) < 4.78 is 13.1. The highest BCUT2D eigenvalue weighted by molar-refractivity contribution is 7.15. The number of piperidine rings is 1. The number of H-pyrrole nitrogens is 1. The van der Waals surface area contributed by atoms with Crippen molar-refractivity contribution in [3.05, 3.63) is 83.8 Å². The third kappa shape index (κ3) is 5.29. The van der Waals surface area contributed by atoms with Crippen LogP contribution in [0, 0.1) is 17.1 Å². The van der Waals surface area contributed by atoms with E-state index in [1.54, 1.807) is 6.20 Å². The zero-order chi connectivity index (χ0) is 22.4. The number of aromatic nitrogens is 1. The van der Waals surface area contributed by atoms with Gasteiger partial charge < -0.3 is 9.88 Å². The number of benzene rings is 2. The Labute approximate surface area is 185 Å². The molecule has 1 unspecified atom stereocenters. The van der Waals surface area contributed by atoms with Gasteiger partial charge in [-0.15, -0.1) is 9.24 Å². The summed E-state index contributed by atoms with van der Waals surface area (Å²) in [5, 5.41) is 9.48. The molecular weight excluding hydrogens is 408 g/mol. The number of aromatic amines is 1. The Morgan fingerprint density at radius 3 is 2.55 bits per heavy atom. The first-order chi connectivity index (χ1) is 15.0. The average Bonchev–Trinajstić information content (AvgIpc) is 3.25. The molecule has 31 heavy (non-hydrogen) atoms. The van der Waals surface area contributed by atoms with Crippen molar-refractivity contribution in [2.24, 2.45) is 5.92 Å². The second-order valence-electron chi connectivity index (χ2n) is 7.64.